The summed E-state index contributed by atoms with van der Waals surface area (Å²) in [6.45, 7) is 2.81. The lowest BCUT2D eigenvalue weighted by Crippen LogP contribution is -2.03. The molecule has 0 amide bonds. The average molecular weight is 1020 g/mol. The van der Waals surface area contributed by atoms with E-state index in [0.29, 0.717) is 44.5 Å². The third kappa shape index (κ3) is 7.57. The molecule has 0 bridgehead atoms. The van der Waals surface area contributed by atoms with Gasteiger partial charge in [0, 0.05) is 86.8 Å². The van der Waals surface area contributed by atoms with Crippen molar-refractivity contribution < 1.29 is 43.3 Å². The van der Waals surface area contributed by atoms with Gasteiger partial charge in [0.15, 0.2) is 50.9 Å². The lowest BCUT2D eigenvalue weighted by atomic mass is 9.92. The van der Waals surface area contributed by atoms with Crippen LogP contribution in [0.2, 0.25) is 0 Å². The fraction of sp³-hybridized carbons (Fsp3) is 0.107. The highest BCUT2D eigenvalue weighted by Crippen LogP contribution is 2.48. The first kappa shape index (κ1) is 46.1. The summed E-state index contributed by atoms with van der Waals surface area (Å²) < 4.78 is 104. The highest BCUT2D eigenvalue weighted by atomic mass is 32.2. The minimum absolute atomic E-state index is 0.00106. The zero-order chi connectivity index (χ0) is 50.3. The van der Waals surface area contributed by atoms with Gasteiger partial charge in [-0.1, -0.05) is 72.8 Å². The van der Waals surface area contributed by atoms with Crippen molar-refractivity contribution in [1.82, 2.24) is 4.57 Å². The molecule has 0 saturated heterocycles. The Morgan fingerprint density at radius 3 is 0.972 bits per heavy atom. The molecule has 1 aromatic heterocycles. The van der Waals surface area contributed by atoms with Gasteiger partial charge in [-0.3, -0.25) is 9.59 Å². The first-order valence-electron chi connectivity index (χ1n) is 22.3. The molecule has 1 heterocycles. The Morgan fingerprint density at radius 1 is 0.324 bits per heavy atom. The number of hydrogen-bond acceptors (Lipinski definition) is 10. The quantitative estimate of drug-likeness (QED) is 0.135. The summed E-state index contributed by atoms with van der Waals surface area (Å²) in [5, 5.41) is 2.05. The predicted molar refractivity (Wildman–Crippen MR) is 277 cm³/mol. The van der Waals surface area contributed by atoms with Crippen LogP contribution >= 0.6 is 0 Å². The normalized spacial score (nSPS) is 13.4. The van der Waals surface area contributed by atoms with Crippen LogP contribution < -0.4 is 0 Å². The minimum Gasteiger partial charge on any atom is -0.341 e. The second-order valence-corrected chi connectivity index (χ2v) is 26.4. The Labute approximate surface area is 410 Å². The highest BCUT2D eigenvalue weighted by Gasteiger charge is 2.34. The Hall–Kier alpha value is -7.30. The van der Waals surface area contributed by atoms with Crippen molar-refractivity contribution in [2.75, 3.05) is 25.0 Å². The first-order chi connectivity index (χ1) is 33.5. The second kappa shape index (κ2) is 15.9. The Balaban J connectivity index is 0.967. The van der Waals surface area contributed by atoms with E-state index in [0.717, 1.165) is 75.6 Å². The molecule has 15 heteroatoms. The van der Waals surface area contributed by atoms with E-state index in [2.05, 4.69) is 47.9 Å². The van der Waals surface area contributed by atoms with Crippen LogP contribution in [0, 0.1) is 0 Å². The molecule has 0 unspecified atom stereocenters. The Kier molecular flexibility index (Phi) is 10.3. The van der Waals surface area contributed by atoms with Crippen LogP contribution in [0.4, 0.5) is 0 Å². The van der Waals surface area contributed by atoms with Gasteiger partial charge in [-0.15, -0.1) is 0 Å². The maximum Gasteiger partial charge on any atom is 0.194 e. The highest BCUT2D eigenvalue weighted by molar-refractivity contribution is 7.91. The van der Waals surface area contributed by atoms with Crippen LogP contribution in [0.5, 0.6) is 0 Å². The van der Waals surface area contributed by atoms with Crippen LogP contribution in [0.1, 0.15) is 38.8 Å². The number of ketones is 2. The summed E-state index contributed by atoms with van der Waals surface area (Å²) in [5.41, 5.74) is 11.1. The van der Waals surface area contributed by atoms with Crippen molar-refractivity contribution in [3.63, 3.8) is 0 Å². The molecule has 354 valence electrons. The van der Waals surface area contributed by atoms with Gasteiger partial charge >= 0.3 is 0 Å². The van der Waals surface area contributed by atoms with Gasteiger partial charge in [0.05, 0.1) is 19.6 Å². The fourth-order valence-electron chi connectivity index (χ4n) is 10.2. The number of aryl methyl sites for hydroxylation is 1. The van der Waals surface area contributed by atoms with Crippen LogP contribution in [0.15, 0.2) is 165 Å². The zero-order valence-electron chi connectivity index (χ0n) is 38.7. The molecule has 8 aromatic carbocycles. The summed E-state index contributed by atoms with van der Waals surface area (Å²) in [5.74, 6) is -0.883. The maximum atomic E-state index is 13.8. The number of hydrogen-bond donors (Lipinski definition) is 0. The molecular formula is C56H41NO10S4. The minimum atomic E-state index is -3.74. The van der Waals surface area contributed by atoms with Crippen LogP contribution in [-0.2, 0) is 45.9 Å². The van der Waals surface area contributed by atoms with E-state index in [1.54, 1.807) is 24.3 Å². The van der Waals surface area contributed by atoms with Gasteiger partial charge in [0.1, 0.15) is 0 Å². The molecule has 71 heavy (non-hydrogen) atoms. The van der Waals surface area contributed by atoms with Crippen molar-refractivity contribution in [2.24, 2.45) is 0 Å². The van der Waals surface area contributed by atoms with Crippen molar-refractivity contribution in [1.29, 1.82) is 0 Å². The van der Waals surface area contributed by atoms with Gasteiger partial charge in [-0.2, -0.15) is 0 Å². The van der Waals surface area contributed by atoms with E-state index in [9.17, 15) is 43.3 Å². The number of rotatable bonds is 9. The van der Waals surface area contributed by atoms with E-state index >= 15 is 0 Å². The molecule has 11 nitrogen and oxygen atoms in total. The fourth-order valence-corrected chi connectivity index (χ4v) is 12.8. The third-order valence-corrected chi connectivity index (χ3v) is 18.1. The standard InChI is InChI=1S/C56H41NO10S4/c1-6-57-51-21-15-35(31-7-11-33(12-8-31)43-27-39(70(4,64)65)29-49-53(43)41-19-17-37(68(2,60)61)25-47(41)55(49)58)23-45(51)46-24-36(16-22-52(46)57)32-9-13-34(14-10-32)44-28-40(71(5,66)67)30-50-54(44)42-20-18-38(69(3,62)63)26-48(42)56(50)59/h7-30H,6H2,1-5H3. The monoisotopic (exact) mass is 1020 g/mol. The second-order valence-electron chi connectivity index (χ2n) is 18.3. The predicted octanol–water partition coefficient (Wildman–Crippen LogP) is 10.5. The number of carbonyl (C=O) groups is 2. The molecule has 0 spiro atoms. The third-order valence-electron chi connectivity index (χ3n) is 13.7. The smallest absolute Gasteiger partial charge is 0.194 e. The molecule has 9 aromatic rings. The summed E-state index contributed by atoms with van der Waals surface area (Å²) in [6.07, 6.45) is 4.31. The maximum absolute atomic E-state index is 13.8. The summed E-state index contributed by atoms with van der Waals surface area (Å²) in [4.78, 5) is 27.5. The molecule has 0 aliphatic heterocycles. The molecule has 0 N–H and O–H groups in total. The Bertz CT molecular complexity index is 4100. The van der Waals surface area contributed by atoms with Crippen LogP contribution in [0.3, 0.4) is 0 Å². The number of aromatic nitrogens is 1. The van der Waals surface area contributed by atoms with Gasteiger partial charge in [-0.25, -0.2) is 33.7 Å². The number of fused-ring (bicyclic) bond motifs is 9. The van der Waals surface area contributed by atoms with Gasteiger partial charge < -0.3 is 4.57 Å². The lowest BCUT2D eigenvalue weighted by Gasteiger charge is -2.13. The van der Waals surface area contributed by atoms with Crippen molar-refractivity contribution in [3.05, 3.63) is 168 Å². The molecule has 0 radical (unpaired) electrons. The molecule has 0 saturated carbocycles. The molecular weight excluding hydrogens is 975 g/mol. The zero-order valence-corrected chi connectivity index (χ0v) is 42.0. The van der Waals surface area contributed by atoms with E-state index in [1.165, 1.54) is 36.4 Å². The number of carbonyl (C=O) groups excluding carboxylic acids is 2. The van der Waals surface area contributed by atoms with Crippen molar-refractivity contribution >= 4 is 72.7 Å². The van der Waals surface area contributed by atoms with E-state index in [4.69, 9.17) is 0 Å². The van der Waals surface area contributed by atoms with E-state index < -0.39 is 50.9 Å². The molecule has 2 aliphatic rings. The van der Waals surface area contributed by atoms with Crippen molar-refractivity contribution in [2.45, 2.75) is 33.1 Å². The van der Waals surface area contributed by atoms with Crippen LogP contribution in [-0.4, -0.2) is 74.8 Å². The summed E-state index contributed by atoms with van der Waals surface area (Å²) >= 11 is 0. The van der Waals surface area contributed by atoms with Gasteiger partial charge in [0.25, 0.3) is 0 Å². The molecule has 0 fully saturated rings. The topological polar surface area (TPSA) is 176 Å². The molecule has 0 atom stereocenters. The number of sulfone groups is 4. The largest absolute Gasteiger partial charge is 0.341 e. The lowest BCUT2D eigenvalue weighted by molar-refractivity contribution is 0.103. The van der Waals surface area contributed by atoms with E-state index in [1.807, 2.05) is 48.5 Å². The van der Waals surface area contributed by atoms with Gasteiger partial charge in [0.2, 0.25) is 0 Å². The summed E-state index contributed by atoms with van der Waals surface area (Å²) in [7, 11) is -14.7. The Morgan fingerprint density at radius 2 is 0.634 bits per heavy atom. The van der Waals surface area contributed by atoms with Crippen molar-refractivity contribution in [3.8, 4) is 66.8 Å². The number of nitrogens with zero attached hydrogens (tertiary/aromatic N) is 1. The summed E-state index contributed by atoms with van der Waals surface area (Å²) in [6, 6.07) is 42.7. The van der Waals surface area contributed by atoms with Gasteiger partial charge in [-0.05, 0) is 135 Å². The first-order valence-corrected chi connectivity index (χ1v) is 29.9. The van der Waals surface area contributed by atoms with Crippen LogP contribution in [0.25, 0.3) is 88.6 Å². The average Bonchev–Trinajstić information content (AvgIpc) is 3.92. The number of benzene rings is 8. The SMILES string of the molecule is CCn1c2ccc(-c3ccc(-c4cc(S(C)(=O)=O)cc5c4-c4ccc(S(C)(=O)=O)cc4C5=O)cc3)cc2c2cc(-c3ccc(-c4cc(S(C)(=O)=O)cc5c4-c4ccc(S(C)(=O)=O)cc4C5=O)cc3)ccc21. The molecule has 11 rings (SSSR count). The molecule has 2 aliphatic carbocycles. The van der Waals surface area contributed by atoms with E-state index in [-0.39, 0.29) is 41.8 Å².